The summed E-state index contributed by atoms with van der Waals surface area (Å²) in [6, 6.07) is 19.3. The second-order valence-electron chi connectivity index (χ2n) is 7.61. The van der Waals surface area contributed by atoms with E-state index in [2.05, 4.69) is 20.4 Å². The highest BCUT2D eigenvalue weighted by Crippen LogP contribution is 2.23. The van der Waals surface area contributed by atoms with Crippen LogP contribution in [0.25, 0.3) is 11.3 Å². The Bertz CT molecular complexity index is 996. The molecular formula is C24H26N4O2. The molecule has 4 rings (SSSR count). The van der Waals surface area contributed by atoms with Crippen LogP contribution in [-0.4, -0.2) is 35.3 Å². The first kappa shape index (κ1) is 19.9. The molecule has 1 saturated heterocycles. The second-order valence-corrected chi connectivity index (χ2v) is 7.61. The topological polar surface area (TPSA) is 67.3 Å². The van der Waals surface area contributed by atoms with Gasteiger partial charge in [-0.2, -0.15) is 0 Å². The zero-order valence-corrected chi connectivity index (χ0v) is 17.3. The molecule has 2 aromatic carbocycles. The van der Waals surface area contributed by atoms with Gasteiger partial charge in [0.25, 0.3) is 5.91 Å². The van der Waals surface area contributed by atoms with Crippen molar-refractivity contribution in [1.29, 1.82) is 0 Å². The number of amides is 1. The average Bonchev–Trinajstić information content (AvgIpc) is 3.29. The monoisotopic (exact) mass is 402 g/mol. The van der Waals surface area contributed by atoms with E-state index in [1.54, 1.807) is 6.92 Å². The van der Waals surface area contributed by atoms with Crippen LogP contribution in [0.1, 0.15) is 25.3 Å². The van der Waals surface area contributed by atoms with Gasteiger partial charge in [-0.15, -0.1) is 10.2 Å². The summed E-state index contributed by atoms with van der Waals surface area (Å²) in [6.45, 7) is 5.83. The van der Waals surface area contributed by atoms with Crippen LogP contribution in [0.2, 0.25) is 0 Å². The molecule has 1 aromatic heterocycles. The summed E-state index contributed by atoms with van der Waals surface area (Å²) < 4.78 is 5.74. The van der Waals surface area contributed by atoms with Crippen LogP contribution in [0.15, 0.2) is 60.7 Å². The molecule has 0 radical (unpaired) electrons. The molecule has 6 nitrogen and oxygen atoms in total. The first-order valence-corrected chi connectivity index (χ1v) is 10.3. The van der Waals surface area contributed by atoms with Gasteiger partial charge in [-0.3, -0.25) is 4.79 Å². The van der Waals surface area contributed by atoms with Crippen LogP contribution >= 0.6 is 0 Å². The van der Waals surface area contributed by atoms with Gasteiger partial charge in [0.05, 0.1) is 5.69 Å². The van der Waals surface area contributed by atoms with E-state index in [9.17, 15) is 4.79 Å². The van der Waals surface area contributed by atoms with Crippen molar-refractivity contribution in [3.05, 3.63) is 66.2 Å². The Morgan fingerprint density at radius 3 is 2.47 bits per heavy atom. The molecule has 0 bridgehead atoms. The van der Waals surface area contributed by atoms with E-state index in [0.29, 0.717) is 11.4 Å². The van der Waals surface area contributed by atoms with Gasteiger partial charge in [0.15, 0.2) is 11.9 Å². The molecule has 1 unspecified atom stereocenters. The van der Waals surface area contributed by atoms with Gasteiger partial charge in [-0.1, -0.05) is 24.3 Å². The fourth-order valence-corrected chi connectivity index (χ4v) is 3.51. The van der Waals surface area contributed by atoms with Gasteiger partial charge >= 0.3 is 0 Å². The minimum absolute atomic E-state index is 0.195. The maximum atomic E-state index is 12.5. The molecule has 1 fully saturated rings. The Hall–Kier alpha value is -3.41. The van der Waals surface area contributed by atoms with Crippen LogP contribution < -0.4 is 15.0 Å². The van der Waals surface area contributed by atoms with Gasteiger partial charge < -0.3 is 15.0 Å². The van der Waals surface area contributed by atoms with Crippen LogP contribution in [0.3, 0.4) is 0 Å². The molecule has 1 amide bonds. The molecule has 0 saturated carbocycles. The minimum atomic E-state index is -0.601. The molecule has 2 heterocycles. The molecule has 6 heteroatoms. The molecule has 154 valence electrons. The molecule has 1 aliphatic rings. The summed E-state index contributed by atoms with van der Waals surface area (Å²) in [4.78, 5) is 14.7. The van der Waals surface area contributed by atoms with Crippen molar-refractivity contribution < 1.29 is 9.53 Å². The van der Waals surface area contributed by atoms with Gasteiger partial charge in [-0.25, -0.2) is 0 Å². The highest BCUT2D eigenvalue weighted by atomic mass is 16.5. The van der Waals surface area contributed by atoms with E-state index in [1.807, 2.05) is 67.6 Å². The highest BCUT2D eigenvalue weighted by molar-refractivity contribution is 5.94. The van der Waals surface area contributed by atoms with E-state index < -0.39 is 6.10 Å². The molecule has 1 atom stereocenters. The predicted molar refractivity (Wildman–Crippen MR) is 119 cm³/mol. The summed E-state index contributed by atoms with van der Waals surface area (Å²) in [7, 11) is 0. The Morgan fingerprint density at radius 2 is 1.80 bits per heavy atom. The number of nitrogens with zero attached hydrogens (tertiary/aromatic N) is 3. The van der Waals surface area contributed by atoms with E-state index in [1.165, 1.54) is 12.8 Å². The number of rotatable bonds is 6. The predicted octanol–water partition coefficient (Wildman–Crippen LogP) is 4.46. The minimum Gasteiger partial charge on any atom is -0.481 e. The van der Waals surface area contributed by atoms with Crippen molar-refractivity contribution in [3.63, 3.8) is 0 Å². The van der Waals surface area contributed by atoms with Gasteiger partial charge in [0.1, 0.15) is 5.75 Å². The number of hydrogen-bond acceptors (Lipinski definition) is 5. The van der Waals surface area contributed by atoms with E-state index in [0.717, 1.165) is 35.7 Å². The Morgan fingerprint density at radius 1 is 1.03 bits per heavy atom. The van der Waals surface area contributed by atoms with E-state index >= 15 is 0 Å². The summed E-state index contributed by atoms with van der Waals surface area (Å²) in [5.74, 6) is 1.42. The van der Waals surface area contributed by atoms with Gasteiger partial charge in [0, 0.05) is 24.3 Å². The fraction of sp³-hybridized carbons (Fsp3) is 0.292. The molecule has 0 aliphatic carbocycles. The fourth-order valence-electron chi connectivity index (χ4n) is 3.51. The van der Waals surface area contributed by atoms with Gasteiger partial charge in [0.2, 0.25) is 0 Å². The van der Waals surface area contributed by atoms with Crippen molar-refractivity contribution in [2.75, 3.05) is 23.3 Å². The quantitative estimate of drug-likeness (QED) is 0.659. The number of carbonyl (C=O) groups excluding carboxylic acids is 1. The lowest BCUT2D eigenvalue weighted by atomic mass is 10.1. The third-order valence-electron chi connectivity index (χ3n) is 5.20. The number of benzene rings is 2. The standard InChI is InChI=1S/C24H26N4O2/c1-17-6-5-7-21(16-17)30-18(2)24(29)25-20-10-8-19(9-11-20)22-12-13-23(27-26-22)28-14-3-4-15-28/h5-13,16,18H,3-4,14-15H2,1-2H3,(H,25,29). The van der Waals surface area contributed by atoms with Crippen molar-refractivity contribution in [3.8, 4) is 17.0 Å². The Labute approximate surface area is 176 Å². The van der Waals surface area contributed by atoms with E-state index in [-0.39, 0.29) is 5.91 Å². The number of carbonyl (C=O) groups is 1. The SMILES string of the molecule is Cc1cccc(OC(C)C(=O)Nc2ccc(-c3ccc(N4CCCC4)nn3)cc2)c1. The third kappa shape index (κ3) is 4.76. The Balaban J connectivity index is 1.36. The van der Waals surface area contributed by atoms with Crippen LogP contribution in [0.4, 0.5) is 11.5 Å². The first-order valence-electron chi connectivity index (χ1n) is 10.3. The zero-order valence-electron chi connectivity index (χ0n) is 17.3. The maximum Gasteiger partial charge on any atom is 0.265 e. The smallest absolute Gasteiger partial charge is 0.265 e. The van der Waals surface area contributed by atoms with Crippen LogP contribution in [-0.2, 0) is 4.79 Å². The summed E-state index contributed by atoms with van der Waals surface area (Å²) in [5.41, 5.74) is 3.57. The Kier molecular flexibility index (Phi) is 5.93. The first-order chi connectivity index (χ1) is 14.6. The average molecular weight is 402 g/mol. The molecule has 1 aliphatic heterocycles. The van der Waals surface area contributed by atoms with Crippen molar-refractivity contribution in [2.45, 2.75) is 32.8 Å². The lowest BCUT2D eigenvalue weighted by Crippen LogP contribution is -2.30. The lowest BCUT2D eigenvalue weighted by Gasteiger charge is -2.16. The number of anilines is 2. The maximum absolute atomic E-state index is 12.5. The summed E-state index contributed by atoms with van der Waals surface area (Å²) >= 11 is 0. The molecule has 30 heavy (non-hydrogen) atoms. The second kappa shape index (κ2) is 8.95. The molecule has 0 spiro atoms. The van der Waals surface area contributed by atoms with Crippen LogP contribution in [0, 0.1) is 6.92 Å². The van der Waals surface area contributed by atoms with Crippen molar-refractivity contribution in [2.24, 2.45) is 0 Å². The number of hydrogen-bond donors (Lipinski definition) is 1. The van der Waals surface area contributed by atoms with Crippen LogP contribution in [0.5, 0.6) is 5.75 Å². The third-order valence-corrected chi connectivity index (χ3v) is 5.20. The largest absolute Gasteiger partial charge is 0.481 e. The number of aryl methyl sites for hydroxylation is 1. The molecule has 1 N–H and O–H groups in total. The summed E-state index contributed by atoms with van der Waals surface area (Å²) in [5, 5.41) is 11.6. The van der Waals surface area contributed by atoms with Crippen molar-refractivity contribution in [1.82, 2.24) is 10.2 Å². The lowest BCUT2D eigenvalue weighted by molar-refractivity contribution is -0.122. The van der Waals surface area contributed by atoms with Gasteiger partial charge in [-0.05, 0) is 68.7 Å². The number of aromatic nitrogens is 2. The molecule has 3 aromatic rings. The molecular weight excluding hydrogens is 376 g/mol. The normalized spacial score (nSPS) is 14.4. The summed E-state index contributed by atoms with van der Waals surface area (Å²) in [6.07, 6.45) is 1.83. The van der Waals surface area contributed by atoms with E-state index in [4.69, 9.17) is 4.74 Å². The number of ether oxygens (including phenoxy) is 1. The zero-order chi connectivity index (χ0) is 20.9. The highest BCUT2D eigenvalue weighted by Gasteiger charge is 2.16. The number of nitrogens with one attached hydrogen (secondary N) is 1. The van der Waals surface area contributed by atoms with Crippen molar-refractivity contribution >= 4 is 17.4 Å².